The van der Waals surface area contributed by atoms with Gasteiger partial charge in [-0.25, -0.2) is 19.9 Å². The summed E-state index contributed by atoms with van der Waals surface area (Å²) in [6.45, 7) is 6.84. The minimum atomic E-state index is -0.404. The Morgan fingerprint density at radius 1 is 0.488 bits per heavy atom. The minimum Gasteiger partial charge on any atom is -0.451 e. The first kappa shape index (κ1) is 57.9. The Morgan fingerprint density at radius 2 is 0.907 bits per heavy atom. The van der Waals surface area contributed by atoms with Crippen molar-refractivity contribution < 1.29 is 41.8 Å². The lowest BCUT2D eigenvalue weighted by Crippen LogP contribution is -2.11. The van der Waals surface area contributed by atoms with E-state index in [0.29, 0.717) is 108 Å². The third-order valence-electron chi connectivity index (χ3n) is 12.5. The molecule has 12 aromatic rings. The molecular weight excluding hydrogens is 1110 g/mol. The smallest absolute Gasteiger partial charge is 0.291 e. The number of aromatic nitrogens is 17. The van der Waals surface area contributed by atoms with Gasteiger partial charge >= 0.3 is 0 Å². The first-order valence-corrected chi connectivity index (χ1v) is 26.4. The summed E-state index contributed by atoms with van der Waals surface area (Å²) < 4.78 is 37.4. The second kappa shape index (κ2) is 27.6. The predicted molar refractivity (Wildman–Crippen MR) is 310 cm³/mol. The Labute approximate surface area is 488 Å². The van der Waals surface area contributed by atoms with Crippen LogP contribution in [0.4, 0.5) is 17.1 Å². The van der Waals surface area contributed by atoms with E-state index in [1.54, 1.807) is 158 Å². The first-order chi connectivity index (χ1) is 42.0. The Bertz CT molecular complexity index is 3940. The van der Waals surface area contributed by atoms with E-state index in [1.807, 2.05) is 32.0 Å². The van der Waals surface area contributed by atoms with E-state index in [4.69, 9.17) is 27.5 Å². The van der Waals surface area contributed by atoms with Gasteiger partial charge in [-0.05, 0) is 74.5 Å². The molecule has 0 saturated heterocycles. The predicted octanol–water partition coefficient (Wildman–Crippen LogP) is 7.89. The van der Waals surface area contributed by atoms with E-state index < -0.39 is 11.8 Å². The van der Waals surface area contributed by atoms with Crippen LogP contribution in [-0.4, -0.2) is 144 Å². The number of rotatable bonds is 21. The molecule has 12 rings (SSSR count). The number of hydrogen-bond acceptors (Lipinski definition) is 20. The van der Waals surface area contributed by atoms with Gasteiger partial charge in [0.05, 0.1) is 97.5 Å². The molecule has 438 valence electrons. The topological polar surface area (TPSA) is 358 Å². The van der Waals surface area contributed by atoms with E-state index >= 15 is 0 Å². The molecule has 0 bridgehead atoms. The molecule has 86 heavy (non-hydrogen) atoms. The van der Waals surface area contributed by atoms with E-state index in [9.17, 15) is 14.4 Å². The van der Waals surface area contributed by atoms with Crippen LogP contribution >= 0.6 is 0 Å². The van der Waals surface area contributed by atoms with Gasteiger partial charge < -0.3 is 43.4 Å². The van der Waals surface area contributed by atoms with Gasteiger partial charge in [0.2, 0.25) is 0 Å². The van der Waals surface area contributed by atoms with E-state index in [2.05, 4.69) is 86.8 Å². The summed E-state index contributed by atoms with van der Waals surface area (Å²) >= 11 is 0. The van der Waals surface area contributed by atoms with Crippen molar-refractivity contribution in [1.82, 2.24) is 84.9 Å². The normalized spacial score (nSPS) is 10.9. The third-order valence-corrected chi connectivity index (χ3v) is 12.5. The lowest BCUT2D eigenvalue weighted by Gasteiger charge is -2.03. The maximum absolute atomic E-state index is 12.8. The molecule has 12 aromatic heterocycles. The number of anilines is 3. The van der Waals surface area contributed by atoms with E-state index in [1.165, 1.54) is 0 Å². The van der Waals surface area contributed by atoms with Crippen LogP contribution in [0.3, 0.4) is 0 Å². The average Bonchev–Trinajstić information content (AvgIpc) is 3.82. The summed E-state index contributed by atoms with van der Waals surface area (Å²) in [7, 11) is 4.85. The number of aromatic amines is 3. The largest absolute Gasteiger partial charge is 0.451 e. The minimum absolute atomic E-state index is 0.167. The van der Waals surface area contributed by atoms with Crippen LogP contribution in [0.5, 0.6) is 0 Å². The van der Waals surface area contributed by atoms with Crippen molar-refractivity contribution >= 4 is 34.8 Å². The van der Waals surface area contributed by atoms with Gasteiger partial charge in [-0.2, -0.15) is 30.6 Å². The number of H-pyrrole nitrogens is 3. The molecule has 12 heterocycles. The molecule has 0 atom stereocenters. The molecule has 0 aliphatic rings. The van der Waals surface area contributed by atoms with Crippen molar-refractivity contribution in [3.63, 3.8) is 0 Å². The van der Waals surface area contributed by atoms with Crippen LogP contribution in [-0.2, 0) is 33.8 Å². The Hall–Kier alpha value is -11.3. The number of hydrogen-bond donors (Lipinski definition) is 6. The van der Waals surface area contributed by atoms with Crippen molar-refractivity contribution in [2.75, 3.05) is 57.1 Å². The number of nitrogens with zero attached hydrogens (tertiary/aromatic N) is 14. The van der Waals surface area contributed by atoms with Gasteiger partial charge in [0.15, 0.2) is 40.3 Å². The van der Waals surface area contributed by atoms with Crippen LogP contribution in [0.15, 0.2) is 154 Å². The maximum Gasteiger partial charge on any atom is 0.291 e. The number of pyridine rings is 1. The van der Waals surface area contributed by atoms with Crippen LogP contribution in [0, 0.1) is 13.8 Å². The zero-order valence-electron chi connectivity index (χ0n) is 47.0. The standard InChI is InChI=1S/C20H20N6O3.C19H19N7O3.C18H17N7O3/c1-13-14(11-22-24-13)17-6-7-18(29-17)20(27)23-16-12-26(9-10-28-2)25-19(16)15-5-3-4-8-21-15;1-12-13(10-22-24-12)15-4-5-16(29-15)19(27)23-14-11-26(8-9-28-2)25-17(14)18-20-6-3-7-21-18;1-27-8-7-25-11-13(16(24-25)17-19-5-2-6-20-17)23-18(26)15-4-3-14(28-15)12-9-21-22-10-12/h3-8,11-12H,9-10H2,1-2H3,(H,22,24)(H,23,27);3-7,10-11H,8-9H2,1-2H3,(H,22,24)(H,23,27);2-6,9-11H,7-8H2,1H3,(H,21,22)(H,23,26). The van der Waals surface area contributed by atoms with Gasteiger partial charge in [-0.3, -0.25) is 48.7 Å². The van der Waals surface area contributed by atoms with Crippen LogP contribution < -0.4 is 16.0 Å². The number of carbonyl (C=O) groups excluding carboxylic acids is 3. The van der Waals surface area contributed by atoms with Gasteiger partial charge in [-0.1, -0.05) is 6.07 Å². The molecule has 29 nitrogen and oxygen atoms in total. The summed E-state index contributed by atoms with van der Waals surface area (Å²) in [5.74, 6) is 1.84. The highest BCUT2D eigenvalue weighted by Crippen LogP contribution is 2.31. The Kier molecular flexibility index (Phi) is 18.6. The number of methoxy groups -OCH3 is 3. The van der Waals surface area contributed by atoms with Crippen molar-refractivity contribution in [1.29, 1.82) is 0 Å². The van der Waals surface area contributed by atoms with Gasteiger partial charge in [-0.15, -0.1) is 0 Å². The first-order valence-electron chi connectivity index (χ1n) is 26.4. The SMILES string of the molecule is COCCn1cc(NC(=O)c2ccc(-c3cn[nH]c3)o2)c(-c2ncccn2)n1.COCCn1cc(NC(=O)c2ccc(-c3cn[nH]c3C)o2)c(-c2ccccn2)n1.COCCn1cc(NC(=O)c2ccc(-c3cn[nH]c3C)o2)c(-c2ncccn2)n1. The summed E-state index contributed by atoms with van der Waals surface area (Å²) in [6, 6.07) is 19.0. The second-order valence-electron chi connectivity index (χ2n) is 18.5. The number of aryl methyl sites for hydroxylation is 2. The number of ether oxygens (including phenoxy) is 3. The number of carbonyl (C=O) groups is 3. The van der Waals surface area contributed by atoms with Crippen molar-refractivity contribution in [2.24, 2.45) is 0 Å². The number of furan rings is 3. The van der Waals surface area contributed by atoms with Crippen LogP contribution in [0.1, 0.15) is 43.1 Å². The highest BCUT2D eigenvalue weighted by Gasteiger charge is 2.23. The molecule has 6 N–H and O–H groups in total. The molecule has 3 amide bonds. The molecule has 0 fully saturated rings. The molecule has 0 aliphatic heterocycles. The highest BCUT2D eigenvalue weighted by molar-refractivity contribution is 6.05. The summed E-state index contributed by atoms with van der Waals surface area (Å²) in [5, 5.41) is 42.2. The van der Waals surface area contributed by atoms with Gasteiger partial charge in [0.25, 0.3) is 17.7 Å². The molecule has 0 unspecified atom stereocenters. The fourth-order valence-electron chi connectivity index (χ4n) is 8.26. The third kappa shape index (κ3) is 14.1. The Morgan fingerprint density at radius 3 is 1.30 bits per heavy atom. The fraction of sp³-hybridized carbons (Fsp3) is 0.193. The fourth-order valence-corrected chi connectivity index (χ4v) is 8.26. The lowest BCUT2D eigenvalue weighted by atomic mass is 10.2. The molecular formula is C57H56N20O9. The lowest BCUT2D eigenvalue weighted by molar-refractivity contribution is 0.0990. The van der Waals surface area contributed by atoms with Crippen LogP contribution in [0.2, 0.25) is 0 Å². The monoisotopic (exact) mass is 1160 g/mol. The highest BCUT2D eigenvalue weighted by atomic mass is 16.5. The maximum atomic E-state index is 12.8. The van der Waals surface area contributed by atoms with E-state index in [0.717, 1.165) is 28.1 Å². The number of amides is 3. The molecule has 0 aliphatic carbocycles. The molecule has 0 radical (unpaired) electrons. The van der Waals surface area contributed by atoms with Crippen molar-refractivity contribution in [3.8, 4) is 68.4 Å². The van der Waals surface area contributed by atoms with Crippen molar-refractivity contribution in [3.05, 3.63) is 170 Å². The molecule has 0 saturated carbocycles. The van der Waals surface area contributed by atoms with Gasteiger partial charge in [0.1, 0.15) is 23.0 Å². The second-order valence-corrected chi connectivity index (χ2v) is 18.5. The number of nitrogens with one attached hydrogen (secondary N) is 6. The molecule has 0 aromatic carbocycles. The van der Waals surface area contributed by atoms with E-state index in [-0.39, 0.29) is 23.2 Å². The zero-order valence-corrected chi connectivity index (χ0v) is 47.0. The quantitative estimate of drug-likeness (QED) is 0.0398. The molecule has 29 heteroatoms. The van der Waals surface area contributed by atoms with Crippen LogP contribution in [0.25, 0.3) is 68.4 Å². The van der Waals surface area contributed by atoms with Gasteiger partial charge in [0, 0.05) is 88.5 Å². The molecule has 0 spiro atoms. The summed E-state index contributed by atoms with van der Waals surface area (Å²) in [5.41, 5.74) is 7.76. The summed E-state index contributed by atoms with van der Waals surface area (Å²) in [6.07, 6.45) is 20.0. The summed E-state index contributed by atoms with van der Waals surface area (Å²) in [4.78, 5) is 59.4. The Balaban J connectivity index is 0.000000143. The zero-order chi connectivity index (χ0) is 59.8. The van der Waals surface area contributed by atoms with Crippen molar-refractivity contribution in [2.45, 2.75) is 33.5 Å². The average molecular weight is 1170 g/mol.